The lowest BCUT2D eigenvalue weighted by Gasteiger charge is -2.10. The summed E-state index contributed by atoms with van der Waals surface area (Å²) in [5.74, 6) is -0.479. The summed E-state index contributed by atoms with van der Waals surface area (Å²) in [5, 5.41) is 10.4. The molecule has 2 aromatic rings. The molecule has 0 fully saturated rings. The molecule has 0 amide bonds. The van der Waals surface area contributed by atoms with Crippen LogP contribution in [0.1, 0.15) is 55.6 Å². The molecule has 0 saturated heterocycles. The van der Waals surface area contributed by atoms with Gasteiger partial charge in [-0.1, -0.05) is 26.0 Å². The van der Waals surface area contributed by atoms with Gasteiger partial charge in [0.1, 0.15) is 0 Å². The maximum atomic E-state index is 11.4. The smallest absolute Gasteiger partial charge is 0.337 e. The normalized spacial score (nSPS) is 11.7. The molecule has 1 aromatic heterocycles. The average Bonchev–Trinajstić information content (AvgIpc) is 2.67. The Bertz CT molecular complexity index is 594. The molecule has 96 valence electrons. The van der Waals surface area contributed by atoms with Crippen LogP contribution >= 0.6 is 0 Å². The zero-order valence-electron chi connectivity index (χ0n) is 11.3. The summed E-state index contributed by atoms with van der Waals surface area (Å²) < 4.78 is 2.06. The minimum absolute atomic E-state index is 0.250. The molecule has 0 aliphatic rings. The van der Waals surface area contributed by atoms with Crippen LogP contribution in [0.5, 0.6) is 0 Å². The number of hydrogen-bond donors (Lipinski definition) is 1. The van der Waals surface area contributed by atoms with E-state index in [2.05, 4.69) is 38.5 Å². The van der Waals surface area contributed by atoms with E-state index in [1.807, 2.05) is 12.1 Å². The van der Waals surface area contributed by atoms with Gasteiger partial charge in [0, 0.05) is 17.6 Å². The number of nitrogens with zero attached hydrogens (tertiary/aromatic N) is 1. The molecule has 18 heavy (non-hydrogen) atoms. The standard InChI is InChI=1S/C15H19NO2/c1-9(2)13-8-16(10(3)4)14-11(13)6-5-7-12(14)15(17)18/h5-10H,1-4H3,(H,17,18). The number of aromatic nitrogens is 1. The van der Waals surface area contributed by atoms with Crippen molar-refractivity contribution in [2.24, 2.45) is 0 Å². The van der Waals surface area contributed by atoms with Gasteiger partial charge in [0.2, 0.25) is 0 Å². The highest BCUT2D eigenvalue weighted by atomic mass is 16.4. The van der Waals surface area contributed by atoms with Crippen molar-refractivity contribution in [2.45, 2.75) is 39.7 Å². The molecule has 3 nitrogen and oxygen atoms in total. The minimum atomic E-state index is -0.865. The Morgan fingerprint density at radius 1 is 1.22 bits per heavy atom. The Kier molecular flexibility index (Phi) is 3.16. The average molecular weight is 245 g/mol. The first-order valence-electron chi connectivity index (χ1n) is 6.30. The zero-order valence-corrected chi connectivity index (χ0v) is 11.3. The third kappa shape index (κ3) is 1.90. The molecule has 0 spiro atoms. The number of fused-ring (bicyclic) bond motifs is 1. The lowest BCUT2D eigenvalue weighted by Crippen LogP contribution is -2.04. The van der Waals surface area contributed by atoms with Crippen molar-refractivity contribution in [3.63, 3.8) is 0 Å². The van der Waals surface area contributed by atoms with Gasteiger partial charge >= 0.3 is 5.97 Å². The number of para-hydroxylation sites is 1. The van der Waals surface area contributed by atoms with E-state index in [1.54, 1.807) is 6.07 Å². The summed E-state index contributed by atoms with van der Waals surface area (Å²) >= 11 is 0. The van der Waals surface area contributed by atoms with Crippen LogP contribution < -0.4 is 0 Å². The second-order valence-corrected chi connectivity index (χ2v) is 5.25. The van der Waals surface area contributed by atoms with Crippen molar-refractivity contribution >= 4 is 16.9 Å². The lowest BCUT2D eigenvalue weighted by atomic mass is 10.0. The summed E-state index contributed by atoms with van der Waals surface area (Å²) in [5.41, 5.74) is 2.43. The van der Waals surface area contributed by atoms with E-state index in [0.29, 0.717) is 11.5 Å². The minimum Gasteiger partial charge on any atom is -0.478 e. The molecule has 0 radical (unpaired) electrons. The van der Waals surface area contributed by atoms with Crippen LogP contribution in [0, 0.1) is 0 Å². The number of benzene rings is 1. The highest BCUT2D eigenvalue weighted by Gasteiger charge is 2.18. The van der Waals surface area contributed by atoms with Crippen molar-refractivity contribution < 1.29 is 9.90 Å². The predicted molar refractivity (Wildman–Crippen MR) is 73.4 cm³/mol. The first kappa shape index (κ1) is 12.7. The van der Waals surface area contributed by atoms with Gasteiger partial charge < -0.3 is 9.67 Å². The van der Waals surface area contributed by atoms with Crippen LogP contribution in [-0.4, -0.2) is 15.6 Å². The van der Waals surface area contributed by atoms with Crippen LogP contribution in [0.15, 0.2) is 24.4 Å². The molecule has 0 aliphatic carbocycles. The van der Waals surface area contributed by atoms with Gasteiger partial charge in [0.05, 0.1) is 11.1 Å². The summed E-state index contributed by atoms with van der Waals surface area (Å²) in [6.07, 6.45) is 2.09. The molecular formula is C15H19NO2. The molecule has 0 saturated carbocycles. The molecule has 0 bridgehead atoms. The SMILES string of the molecule is CC(C)c1cn(C(C)C)c2c(C(=O)O)cccc12. The Hall–Kier alpha value is -1.77. The molecule has 2 rings (SSSR count). The van der Waals surface area contributed by atoms with Gasteiger partial charge in [0.25, 0.3) is 0 Å². The third-order valence-electron chi connectivity index (χ3n) is 3.29. The first-order chi connectivity index (χ1) is 8.43. The van der Waals surface area contributed by atoms with E-state index >= 15 is 0 Å². The number of carbonyl (C=O) groups is 1. The number of hydrogen-bond acceptors (Lipinski definition) is 1. The van der Waals surface area contributed by atoms with Crippen LogP contribution in [-0.2, 0) is 0 Å². The Morgan fingerprint density at radius 2 is 1.89 bits per heavy atom. The Labute approximate surface area is 107 Å². The Balaban J connectivity index is 2.87. The fraction of sp³-hybridized carbons (Fsp3) is 0.400. The van der Waals surface area contributed by atoms with Gasteiger partial charge in [-0.15, -0.1) is 0 Å². The molecule has 0 atom stereocenters. The number of aromatic carboxylic acids is 1. The molecule has 1 heterocycles. The molecule has 0 unspecified atom stereocenters. The fourth-order valence-corrected chi connectivity index (χ4v) is 2.38. The van der Waals surface area contributed by atoms with Gasteiger partial charge in [-0.3, -0.25) is 0 Å². The summed E-state index contributed by atoms with van der Waals surface area (Å²) in [4.78, 5) is 11.4. The van der Waals surface area contributed by atoms with Crippen molar-refractivity contribution in [2.75, 3.05) is 0 Å². The summed E-state index contributed by atoms with van der Waals surface area (Å²) in [6.45, 7) is 8.41. The summed E-state index contributed by atoms with van der Waals surface area (Å²) in [6, 6.07) is 5.76. The van der Waals surface area contributed by atoms with Gasteiger partial charge in [-0.25, -0.2) is 4.79 Å². The van der Waals surface area contributed by atoms with Crippen molar-refractivity contribution in [1.82, 2.24) is 4.57 Å². The lowest BCUT2D eigenvalue weighted by molar-refractivity contribution is 0.0698. The van der Waals surface area contributed by atoms with E-state index < -0.39 is 5.97 Å². The maximum absolute atomic E-state index is 11.4. The quantitative estimate of drug-likeness (QED) is 0.886. The van der Waals surface area contributed by atoms with Crippen molar-refractivity contribution in [3.05, 3.63) is 35.5 Å². The third-order valence-corrected chi connectivity index (χ3v) is 3.29. The molecule has 0 aliphatic heterocycles. The van der Waals surface area contributed by atoms with Crippen LogP contribution in [0.3, 0.4) is 0 Å². The zero-order chi connectivity index (χ0) is 13.4. The molecule has 1 N–H and O–H groups in total. The number of carboxylic acid groups (broad SMARTS) is 1. The van der Waals surface area contributed by atoms with Crippen LogP contribution in [0.25, 0.3) is 10.9 Å². The van der Waals surface area contributed by atoms with E-state index in [4.69, 9.17) is 0 Å². The highest BCUT2D eigenvalue weighted by Crippen LogP contribution is 2.31. The first-order valence-corrected chi connectivity index (χ1v) is 6.30. The second-order valence-electron chi connectivity index (χ2n) is 5.25. The van der Waals surface area contributed by atoms with Gasteiger partial charge in [-0.2, -0.15) is 0 Å². The monoisotopic (exact) mass is 245 g/mol. The largest absolute Gasteiger partial charge is 0.478 e. The van der Waals surface area contributed by atoms with Crippen LogP contribution in [0.4, 0.5) is 0 Å². The molecule has 1 aromatic carbocycles. The number of rotatable bonds is 3. The van der Waals surface area contributed by atoms with E-state index in [0.717, 1.165) is 10.9 Å². The van der Waals surface area contributed by atoms with Crippen LogP contribution in [0.2, 0.25) is 0 Å². The van der Waals surface area contributed by atoms with Crippen molar-refractivity contribution in [3.8, 4) is 0 Å². The maximum Gasteiger partial charge on any atom is 0.337 e. The van der Waals surface area contributed by atoms with Gasteiger partial charge in [-0.05, 0) is 31.4 Å². The van der Waals surface area contributed by atoms with E-state index in [-0.39, 0.29) is 6.04 Å². The fourth-order valence-electron chi connectivity index (χ4n) is 2.38. The Morgan fingerprint density at radius 3 is 2.39 bits per heavy atom. The van der Waals surface area contributed by atoms with Gasteiger partial charge in [0.15, 0.2) is 0 Å². The van der Waals surface area contributed by atoms with E-state index in [9.17, 15) is 9.90 Å². The summed E-state index contributed by atoms with van der Waals surface area (Å²) in [7, 11) is 0. The predicted octanol–water partition coefficient (Wildman–Crippen LogP) is 4.04. The van der Waals surface area contributed by atoms with Crippen molar-refractivity contribution in [1.29, 1.82) is 0 Å². The number of carboxylic acids is 1. The topological polar surface area (TPSA) is 42.2 Å². The molecular weight excluding hydrogens is 226 g/mol. The second kappa shape index (κ2) is 4.48. The molecule has 3 heteroatoms. The highest BCUT2D eigenvalue weighted by molar-refractivity contribution is 6.03. The van der Waals surface area contributed by atoms with E-state index in [1.165, 1.54) is 5.56 Å².